The highest BCUT2D eigenvalue weighted by Gasteiger charge is 2.20. The molecule has 0 aliphatic carbocycles. The third-order valence-electron chi connectivity index (χ3n) is 10.8. The van der Waals surface area contributed by atoms with Crippen molar-refractivity contribution in [3.05, 3.63) is 200 Å². The summed E-state index contributed by atoms with van der Waals surface area (Å²) in [5.41, 5.74) is 12.0. The van der Waals surface area contributed by atoms with Gasteiger partial charge in [0.1, 0.15) is 11.2 Å². The lowest BCUT2D eigenvalue weighted by Gasteiger charge is -2.29. The summed E-state index contributed by atoms with van der Waals surface area (Å²) < 4.78 is 9.15. The Balaban J connectivity index is 1.12. The second kappa shape index (κ2) is 12.9. The van der Waals surface area contributed by atoms with Gasteiger partial charge in [-0.15, -0.1) is 11.3 Å². The SMILES string of the molecule is c1cc(-c2cccc3c2oc2ccccc23)cc(N(c2cccc(-c3cccc4c3sc3ccccc34)c2)c2ccccc2-c2ccc3ccccc3c2)c1. The highest BCUT2D eigenvalue weighted by atomic mass is 32.1. The quantitative estimate of drug-likeness (QED) is 0.170. The Kier molecular flexibility index (Phi) is 7.39. The summed E-state index contributed by atoms with van der Waals surface area (Å²) in [6, 6.07) is 72.2. The number of furan rings is 1. The van der Waals surface area contributed by atoms with Crippen LogP contribution in [0.4, 0.5) is 17.1 Å². The highest BCUT2D eigenvalue weighted by molar-refractivity contribution is 7.26. The van der Waals surface area contributed by atoms with Gasteiger partial charge in [0.2, 0.25) is 0 Å². The van der Waals surface area contributed by atoms with Crippen molar-refractivity contribution in [3.63, 3.8) is 0 Å². The summed E-state index contributed by atoms with van der Waals surface area (Å²) in [6.45, 7) is 0. The van der Waals surface area contributed by atoms with Gasteiger partial charge in [-0.3, -0.25) is 0 Å². The van der Waals surface area contributed by atoms with Crippen LogP contribution in [0.2, 0.25) is 0 Å². The molecule has 2 heterocycles. The maximum Gasteiger partial charge on any atom is 0.143 e. The fourth-order valence-electron chi connectivity index (χ4n) is 8.27. The molecule has 0 aliphatic heterocycles. The molecule has 0 aliphatic rings. The summed E-state index contributed by atoms with van der Waals surface area (Å²) in [5, 5.41) is 7.32. The minimum Gasteiger partial charge on any atom is -0.455 e. The van der Waals surface area contributed by atoms with Crippen LogP contribution in [-0.4, -0.2) is 0 Å². The molecule has 55 heavy (non-hydrogen) atoms. The second-order valence-electron chi connectivity index (χ2n) is 14.1. The Labute approximate surface area is 322 Å². The average Bonchev–Trinajstić information content (AvgIpc) is 3.83. The van der Waals surface area contributed by atoms with Gasteiger partial charge in [0.15, 0.2) is 0 Å². The summed E-state index contributed by atoms with van der Waals surface area (Å²) >= 11 is 1.87. The molecule has 0 saturated carbocycles. The van der Waals surface area contributed by atoms with E-state index in [1.54, 1.807) is 0 Å². The Hall–Kier alpha value is -6.94. The molecule has 0 saturated heterocycles. The number of hydrogen-bond donors (Lipinski definition) is 0. The Morgan fingerprint density at radius 3 is 1.84 bits per heavy atom. The lowest BCUT2D eigenvalue weighted by atomic mass is 9.97. The Morgan fingerprint density at radius 1 is 0.382 bits per heavy atom. The van der Waals surface area contributed by atoms with Gasteiger partial charge in [0.05, 0.1) is 5.69 Å². The number of thiophene rings is 1. The Morgan fingerprint density at radius 2 is 0.982 bits per heavy atom. The highest BCUT2D eigenvalue weighted by Crippen LogP contribution is 2.46. The molecule has 9 aromatic carbocycles. The maximum absolute atomic E-state index is 6.53. The zero-order valence-electron chi connectivity index (χ0n) is 29.8. The molecule has 0 atom stereocenters. The van der Waals surface area contributed by atoms with E-state index in [1.165, 1.54) is 47.6 Å². The fraction of sp³-hybridized carbons (Fsp3) is 0. The molecule has 0 unspecified atom stereocenters. The third kappa shape index (κ3) is 5.32. The van der Waals surface area contributed by atoms with Gasteiger partial charge in [-0.25, -0.2) is 0 Å². The molecule has 0 spiro atoms. The molecule has 3 heteroatoms. The summed E-state index contributed by atoms with van der Waals surface area (Å²) in [6.07, 6.45) is 0. The van der Waals surface area contributed by atoms with Crippen LogP contribution in [0.25, 0.3) is 86.3 Å². The number of rotatable bonds is 6. The number of benzene rings is 9. The molecule has 0 amide bonds. The smallest absolute Gasteiger partial charge is 0.143 e. The number of nitrogens with zero attached hydrogens (tertiary/aromatic N) is 1. The zero-order valence-corrected chi connectivity index (χ0v) is 30.6. The molecule has 11 rings (SSSR count). The third-order valence-corrected chi connectivity index (χ3v) is 12.1. The first-order chi connectivity index (χ1) is 27.3. The molecular weight excluding hydrogens is 687 g/mol. The van der Waals surface area contributed by atoms with E-state index in [2.05, 4.69) is 193 Å². The van der Waals surface area contributed by atoms with E-state index < -0.39 is 0 Å². The minimum absolute atomic E-state index is 0.900. The van der Waals surface area contributed by atoms with Crippen molar-refractivity contribution in [1.29, 1.82) is 0 Å². The summed E-state index contributed by atoms with van der Waals surface area (Å²) in [5.74, 6) is 0. The van der Waals surface area contributed by atoms with Gasteiger partial charge < -0.3 is 9.32 Å². The molecule has 0 fully saturated rings. The van der Waals surface area contributed by atoms with Crippen molar-refractivity contribution in [2.45, 2.75) is 0 Å². The molecule has 258 valence electrons. The lowest BCUT2D eigenvalue weighted by molar-refractivity contribution is 0.670. The molecule has 0 N–H and O–H groups in total. The number of para-hydroxylation sites is 3. The van der Waals surface area contributed by atoms with E-state index in [-0.39, 0.29) is 0 Å². The van der Waals surface area contributed by atoms with Crippen molar-refractivity contribution in [1.82, 2.24) is 0 Å². The molecule has 11 aromatic rings. The van der Waals surface area contributed by atoms with Crippen molar-refractivity contribution >= 4 is 81.3 Å². The van der Waals surface area contributed by atoms with E-state index in [1.807, 2.05) is 23.5 Å². The van der Waals surface area contributed by atoms with Crippen LogP contribution in [0.1, 0.15) is 0 Å². The van der Waals surface area contributed by atoms with Gasteiger partial charge in [-0.05, 0) is 81.6 Å². The van der Waals surface area contributed by atoms with E-state index in [0.29, 0.717) is 0 Å². The van der Waals surface area contributed by atoms with Gasteiger partial charge in [0.25, 0.3) is 0 Å². The summed E-state index contributed by atoms with van der Waals surface area (Å²) in [4.78, 5) is 2.42. The predicted molar refractivity (Wildman–Crippen MR) is 235 cm³/mol. The largest absolute Gasteiger partial charge is 0.455 e. The van der Waals surface area contributed by atoms with Gasteiger partial charge >= 0.3 is 0 Å². The van der Waals surface area contributed by atoms with Crippen LogP contribution in [0, 0.1) is 0 Å². The first-order valence-corrected chi connectivity index (χ1v) is 19.5. The number of anilines is 3. The monoisotopic (exact) mass is 719 g/mol. The van der Waals surface area contributed by atoms with Crippen molar-refractivity contribution in [2.24, 2.45) is 0 Å². The van der Waals surface area contributed by atoms with Crippen LogP contribution in [0.5, 0.6) is 0 Å². The van der Waals surface area contributed by atoms with Crippen LogP contribution in [-0.2, 0) is 0 Å². The van der Waals surface area contributed by atoms with E-state index in [9.17, 15) is 0 Å². The van der Waals surface area contributed by atoms with Gasteiger partial charge in [-0.1, -0.05) is 152 Å². The van der Waals surface area contributed by atoms with Crippen LogP contribution in [0.15, 0.2) is 205 Å². The van der Waals surface area contributed by atoms with Crippen LogP contribution < -0.4 is 4.90 Å². The van der Waals surface area contributed by atoms with E-state index >= 15 is 0 Å². The molecular formula is C52H33NOS. The molecule has 2 nitrogen and oxygen atoms in total. The average molecular weight is 720 g/mol. The lowest BCUT2D eigenvalue weighted by Crippen LogP contribution is -2.11. The second-order valence-corrected chi connectivity index (χ2v) is 15.1. The number of fused-ring (bicyclic) bond motifs is 7. The predicted octanol–water partition coefficient (Wildman–Crippen LogP) is 15.6. The van der Waals surface area contributed by atoms with Crippen molar-refractivity contribution < 1.29 is 4.42 Å². The first-order valence-electron chi connectivity index (χ1n) is 18.7. The van der Waals surface area contributed by atoms with Crippen molar-refractivity contribution in [3.8, 4) is 33.4 Å². The van der Waals surface area contributed by atoms with Gasteiger partial charge in [-0.2, -0.15) is 0 Å². The molecule has 2 aromatic heterocycles. The molecule has 0 bridgehead atoms. The van der Waals surface area contributed by atoms with Crippen LogP contribution >= 0.6 is 11.3 Å². The minimum atomic E-state index is 0.900. The molecule has 0 radical (unpaired) electrons. The maximum atomic E-state index is 6.53. The summed E-state index contributed by atoms with van der Waals surface area (Å²) in [7, 11) is 0. The normalized spacial score (nSPS) is 11.6. The van der Waals surface area contributed by atoms with Crippen LogP contribution in [0.3, 0.4) is 0 Å². The first kappa shape index (κ1) is 31.6. The number of hydrogen-bond acceptors (Lipinski definition) is 3. The van der Waals surface area contributed by atoms with E-state index in [4.69, 9.17) is 4.42 Å². The van der Waals surface area contributed by atoms with Gasteiger partial charge in [0, 0.05) is 53.4 Å². The van der Waals surface area contributed by atoms with E-state index in [0.717, 1.165) is 55.7 Å². The standard InChI is InChI=1S/C52H33NOS/c1-2-14-35-31-38(30-29-34(35)13-1)41-19-3-6-26-48(41)53(39-17-9-15-36(32-39)42-22-11-24-46-44-20-4-7-27-49(44)54-51(42)46)40-18-10-16-37(33-40)43-23-12-25-47-45-21-5-8-28-50(45)55-52(43)47/h1-33H. The topological polar surface area (TPSA) is 16.4 Å². The zero-order chi connectivity index (χ0) is 36.3. The fourth-order valence-corrected chi connectivity index (χ4v) is 9.51. The Bertz CT molecular complexity index is 3080. The van der Waals surface area contributed by atoms with Crippen molar-refractivity contribution in [2.75, 3.05) is 4.90 Å².